The van der Waals surface area contributed by atoms with Crippen LogP contribution >= 0.6 is 0 Å². The van der Waals surface area contributed by atoms with E-state index in [1.54, 1.807) is 12.4 Å². The molecule has 5 rings (SSSR count). The lowest BCUT2D eigenvalue weighted by Gasteiger charge is -2.38. The molecule has 0 saturated heterocycles. The first-order valence-corrected chi connectivity index (χ1v) is 12.5. The van der Waals surface area contributed by atoms with Gasteiger partial charge in [-0.3, -0.25) is 14.8 Å². The summed E-state index contributed by atoms with van der Waals surface area (Å²) >= 11 is 0. The molecule has 1 saturated carbocycles. The van der Waals surface area contributed by atoms with Crippen LogP contribution in [0.5, 0.6) is 0 Å². The molecule has 4 aromatic rings. The quantitative estimate of drug-likeness (QED) is 0.324. The minimum absolute atomic E-state index is 0.0135. The molecule has 6 nitrogen and oxygen atoms in total. The molecule has 1 aliphatic rings. The Kier molecular flexibility index (Phi) is 6.53. The second-order valence-corrected chi connectivity index (χ2v) is 9.97. The number of hydrogen-bond acceptors (Lipinski definition) is 4. The van der Waals surface area contributed by atoms with Crippen molar-refractivity contribution in [1.29, 1.82) is 0 Å². The van der Waals surface area contributed by atoms with Gasteiger partial charge in [-0.15, -0.1) is 0 Å². The van der Waals surface area contributed by atoms with E-state index in [4.69, 9.17) is 4.98 Å². The van der Waals surface area contributed by atoms with Gasteiger partial charge in [0.15, 0.2) is 0 Å². The largest absolute Gasteiger partial charge is 0.371 e. The van der Waals surface area contributed by atoms with Crippen LogP contribution in [-0.4, -0.2) is 32.9 Å². The summed E-state index contributed by atoms with van der Waals surface area (Å²) in [5.74, 6) is -0.0135. The molecular weight excluding hydrogens is 434 g/mol. The fourth-order valence-electron chi connectivity index (χ4n) is 5.47. The Balaban J connectivity index is 1.42. The van der Waals surface area contributed by atoms with E-state index in [0.29, 0.717) is 13.0 Å². The molecule has 1 fully saturated rings. The van der Waals surface area contributed by atoms with Crippen LogP contribution in [0.3, 0.4) is 0 Å². The van der Waals surface area contributed by atoms with Crippen LogP contribution in [-0.2, 0) is 16.6 Å². The van der Waals surface area contributed by atoms with Gasteiger partial charge in [0.05, 0.1) is 0 Å². The minimum atomic E-state index is -0.855. The van der Waals surface area contributed by atoms with Gasteiger partial charge in [-0.1, -0.05) is 43.5 Å². The zero-order chi connectivity index (χ0) is 24.1. The molecule has 0 radical (unpaired) electrons. The van der Waals surface area contributed by atoms with E-state index < -0.39 is 5.54 Å². The number of aromatic nitrogens is 3. The highest BCUT2D eigenvalue weighted by Gasteiger charge is 2.39. The fourth-order valence-corrected chi connectivity index (χ4v) is 5.47. The molecule has 35 heavy (non-hydrogen) atoms. The first-order valence-electron chi connectivity index (χ1n) is 12.5. The monoisotopic (exact) mass is 467 g/mol. The average molecular weight is 468 g/mol. The Morgan fingerprint density at radius 1 is 1.00 bits per heavy atom. The fraction of sp³-hybridized carbons (Fsp3) is 0.345. The Labute approximate surface area is 206 Å². The van der Waals surface area contributed by atoms with Crippen LogP contribution in [0, 0.1) is 0 Å². The van der Waals surface area contributed by atoms with Crippen molar-refractivity contribution in [2.75, 3.05) is 11.9 Å². The highest BCUT2D eigenvalue weighted by Crippen LogP contribution is 2.38. The SMILES string of the molecule is C[C@@](Cc1c[nH]c2ccccc12)(Nc1ccncc1)C(=O)NCC1(c2ccccn2)CCCCC1. The second kappa shape index (κ2) is 9.90. The molecule has 1 amide bonds. The summed E-state index contributed by atoms with van der Waals surface area (Å²) in [6.07, 6.45) is 13.5. The Bertz CT molecular complexity index is 1260. The smallest absolute Gasteiger partial charge is 0.245 e. The van der Waals surface area contributed by atoms with Crippen molar-refractivity contribution in [3.05, 3.63) is 90.6 Å². The van der Waals surface area contributed by atoms with Crippen molar-refractivity contribution in [3.63, 3.8) is 0 Å². The van der Waals surface area contributed by atoms with Crippen LogP contribution < -0.4 is 10.6 Å². The van der Waals surface area contributed by atoms with Crippen molar-refractivity contribution in [2.45, 2.75) is 56.4 Å². The predicted molar refractivity (Wildman–Crippen MR) is 140 cm³/mol. The van der Waals surface area contributed by atoms with Gasteiger partial charge in [-0.2, -0.15) is 0 Å². The van der Waals surface area contributed by atoms with Crippen LogP contribution in [0.25, 0.3) is 10.9 Å². The molecule has 0 unspecified atom stereocenters. The van der Waals surface area contributed by atoms with Gasteiger partial charge in [-0.05, 0) is 55.7 Å². The average Bonchev–Trinajstić information content (AvgIpc) is 3.31. The molecule has 0 bridgehead atoms. The number of rotatable bonds is 8. The van der Waals surface area contributed by atoms with Gasteiger partial charge in [0, 0.05) is 65.5 Å². The maximum atomic E-state index is 13.9. The number of para-hydroxylation sites is 1. The highest BCUT2D eigenvalue weighted by atomic mass is 16.2. The van der Waals surface area contributed by atoms with Crippen molar-refractivity contribution in [1.82, 2.24) is 20.3 Å². The Morgan fingerprint density at radius 2 is 1.77 bits per heavy atom. The van der Waals surface area contributed by atoms with E-state index in [-0.39, 0.29) is 11.3 Å². The number of nitrogens with zero attached hydrogens (tertiary/aromatic N) is 2. The first-order chi connectivity index (χ1) is 17.1. The Morgan fingerprint density at radius 3 is 2.54 bits per heavy atom. The van der Waals surface area contributed by atoms with E-state index in [0.717, 1.165) is 53.5 Å². The number of aromatic amines is 1. The molecule has 180 valence electrons. The molecule has 3 heterocycles. The number of carbonyl (C=O) groups is 1. The van der Waals surface area contributed by atoms with Gasteiger partial charge in [0.2, 0.25) is 5.91 Å². The first kappa shape index (κ1) is 23.1. The Hall–Kier alpha value is -3.67. The third-order valence-electron chi connectivity index (χ3n) is 7.43. The molecule has 0 spiro atoms. The van der Waals surface area contributed by atoms with E-state index in [2.05, 4.69) is 38.8 Å². The van der Waals surface area contributed by atoms with Crippen molar-refractivity contribution in [3.8, 4) is 0 Å². The van der Waals surface area contributed by atoms with Crippen molar-refractivity contribution in [2.24, 2.45) is 0 Å². The summed E-state index contributed by atoms with van der Waals surface area (Å²) in [5.41, 5.74) is 3.16. The van der Waals surface area contributed by atoms with E-state index in [9.17, 15) is 4.79 Å². The summed E-state index contributed by atoms with van der Waals surface area (Å²) in [5, 5.41) is 8.00. The number of fused-ring (bicyclic) bond motifs is 1. The molecule has 6 heteroatoms. The molecule has 1 aliphatic carbocycles. The topological polar surface area (TPSA) is 82.7 Å². The lowest BCUT2D eigenvalue weighted by Crippen LogP contribution is -2.55. The number of H-pyrrole nitrogens is 1. The zero-order valence-corrected chi connectivity index (χ0v) is 20.3. The molecule has 3 N–H and O–H groups in total. The number of anilines is 1. The summed E-state index contributed by atoms with van der Waals surface area (Å²) in [6, 6.07) is 18.1. The van der Waals surface area contributed by atoms with E-state index >= 15 is 0 Å². The number of hydrogen-bond donors (Lipinski definition) is 3. The van der Waals surface area contributed by atoms with Gasteiger partial charge >= 0.3 is 0 Å². The maximum absolute atomic E-state index is 13.9. The summed E-state index contributed by atoms with van der Waals surface area (Å²) in [6.45, 7) is 2.57. The van der Waals surface area contributed by atoms with Crippen LogP contribution in [0.2, 0.25) is 0 Å². The maximum Gasteiger partial charge on any atom is 0.245 e. The predicted octanol–water partition coefficient (Wildman–Crippen LogP) is 5.39. The van der Waals surface area contributed by atoms with Crippen molar-refractivity contribution < 1.29 is 4.79 Å². The van der Waals surface area contributed by atoms with Crippen LogP contribution in [0.1, 0.15) is 50.3 Å². The highest BCUT2D eigenvalue weighted by molar-refractivity contribution is 5.91. The van der Waals surface area contributed by atoms with Crippen molar-refractivity contribution >= 4 is 22.5 Å². The van der Waals surface area contributed by atoms with Crippen LogP contribution in [0.15, 0.2) is 79.4 Å². The third kappa shape index (κ3) is 4.92. The van der Waals surface area contributed by atoms with Gasteiger partial charge in [-0.25, -0.2) is 0 Å². The third-order valence-corrected chi connectivity index (χ3v) is 7.43. The number of pyridine rings is 2. The molecule has 3 aromatic heterocycles. The van der Waals surface area contributed by atoms with Crippen LogP contribution in [0.4, 0.5) is 5.69 Å². The lowest BCUT2D eigenvalue weighted by atomic mass is 9.71. The minimum Gasteiger partial charge on any atom is -0.371 e. The second-order valence-electron chi connectivity index (χ2n) is 9.97. The standard InChI is InChI=1S/C29H33N5O/c1-28(34-23-12-17-30-18-13-23,19-22-20-32-25-10-4-3-9-24(22)25)27(35)33-21-29(14-6-2-7-15-29)26-11-5-8-16-31-26/h3-5,8-13,16-18,20,32H,2,6-7,14-15,19,21H2,1H3,(H,30,34)(H,33,35)/t28-/m0/s1. The number of amides is 1. The van der Waals surface area contributed by atoms with E-state index in [1.165, 1.54) is 6.42 Å². The zero-order valence-electron chi connectivity index (χ0n) is 20.3. The normalized spacial score (nSPS) is 16.9. The number of nitrogens with one attached hydrogen (secondary N) is 3. The molecule has 1 aromatic carbocycles. The number of carbonyl (C=O) groups excluding carboxylic acids is 1. The lowest BCUT2D eigenvalue weighted by molar-refractivity contribution is -0.125. The molecule has 0 aliphatic heterocycles. The van der Waals surface area contributed by atoms with Gasteiger partial charge in [0.25, 0.3) is 0 Å². The van der Waals surface area contributed by atoms with Gasteiger partial charge < -0.3 is 15.6 Å². The van der Waals surface area contributed by atoms with E-state index in [1.807, 2.05) is 55.7 Å². The summed E-state index contributed by atoms with van der Waals surface area (Å²) in [4.78, 5) is 26.1. The number of benzene rings is 1. The molecule has 1 atom stereocenters. The summed E-state index contributed by atoms with van der Waals surface area (Å²) < 4.78 is 0. The van der Waals surface area contributed by atoms with Gasteiger partial charge in [0.1, 0.15) is 5.54 Å². The summed E-state index contributed by atoms with van der Waals surface area (Å²) in [7, 11) is 0. The molecular formula is C29H33N5O.